The fourth-order valence-corrected chi connectivity index (χ4v) is 8.11. The SMILES string of the molecule is CCO[C@H]1CCN(C2CCN(c3cc(OC)c(Nc4ncc(Br)c(Nc5ccc6c(c5P(C)C)OCCO6)n4)cc3C)CC2)C1. The number of hydrogen-bond donors (Lipinski definition) is 2. The number of fused-ring (bicyclic) bond motifs is 1. The van der Waals surface area contributed by atoms with Crippen LogP contribution in [0.15, 0.2) is 34.9 Å². The van der Waals surface area contributed by atoms with Crippen molar-refractivity contribution in [2.75, 3.05) is 82.0 Å². The summed E-state index contributed by atoms with van der Waals surface area (Å²) in [6.07, 6.45) is 5.62. The number of aromatic nitrogens is 2. The molecule has 0 aliphatic carbocycles. The number of nitrogens with one attached hydrogen (secondary N) is 2. The van der Waals surface area contributed by atoms with Gasteiger partial charge in [0.05, 0.1) is 29.1 Å². The molecule has 2 aromatic carbocycles. The van der Waals surface area contributed by atoms with Crippen LogP contribution >= 0.6 is 23.9 Å². The lowest BCUT2D eigenvalue weighted by molar-refractivity contribution is 0.0626. The Morgan fingerprint density at radius 2 is 1.84 bits per heavy atom. The van der Waals surface area contributed by atoms with E-state index in [1.165, 1.54) is 11.3 Å². The molecular formula is C33H44BrN6O4P. The fraction of sp³-hybridized carbons (Fsp3) is 0.515. The molecule has 3 aliphatic rings. The zero-order valence-electron chi connectivity index (χ0n) is 26.9. The molecule has 2 fully saturated rings. The zero-order chi connectivity index (χ0) is 31.5. The van der Waals surface area contributed by atoms with Crippen molar-refractivity contribution in [3.05, 3.63) is 40.5 Å². The molecule has 4 heterocycles. The van der Waals surface area contributed by atoms with Crippen LogP contribution < -0.4 is 35.0 Å². The molecule has 0 bridgehead atoms. The minimum atomic E-state index is -0.482. The number of benzene rings is 2. The Kier molecular flexibility index (Phi) is 10.2. The molecular weight excluding hydrogens is 655 g/mol. The molecule has 45 heavy (non-hydrogen) atoms. The highest BCUT2D eigenvalue weighted by atomic mass is 79.9. The van der Waals surface area contributed by atoms with Crippen molar-refractivity contribution in [2.45, 2.75) is 45.3 Å². The van der Waals surface area contributed by atoms with Crippen molar-refractivity contribution in [1.82, 2.24) is 14.9 Å². The predicted molar refractivity (Wildman–Crippen MR) is 187 cm³/mol. The average Bonchev–Trinajstić information content (AvgIpc) is 3.51. The number of anilines is 5. The molecule has 1 aromatic heterocycles. The number of halogens is 1. The summed E-state index contributed by atoms with van der Waals surface area (Å²) in [5.41, 5.74) is 4.17. The van der Waals surface area contributed by atoms with Gasteiger partial charge in [-0.05, 0) is 86.1 Å². The number of hydrogen-bond acceptors (Lipinski definition) is 10. The molecule has 2 saturated heterocycles. The molecule has 0 spiro atoms. The Hall–Kier alpha value is -2.85. The van der Waals surface area contributed by atoms with E-state index in [1.807, 2.05) is 12.1 Å². The quantitative estimate of drug-likeness (QED) is 0.236. The lowest BCUT2D eigenvalue weighted by Crippen LogP contribution is -2.44. The predicted octanol–water partition coefficient (Wildman–Crippen LogP) is 6.26. The molecule has 0 unspecified atom stereocenters. The molecule has 1 atom stereocenters. The number of rotatable bonds is 10. The summed E-state index contributed by atoms with van der Waals surface area (Å²) < 4.78 is 24.4. The van der Waals surface area contributed by atoms with Gasteiger partial charge in [0.1, 0.15) is 24.8 Å². The minimum absolute atomic E-state index is 0.396. The van der Waals surface area contributed by atoms with Gasteiger partial charge in [-0.3, -0.25) is 4.90 Å². The number of aryl methyl sites for hydroxylation is 1. The first kappa shape index (κ1) is 32.1. The topological polar surface area (TPSA) is 93.2 Å². The third-order valence-electron chi connectivity index (χ3n) is 8.79. The van der Waals surface area contributed by atoms with Gasteiger partial charge in [-0.1, -0.05) is 7.92 Å². The lowest BCUT2D eigenvalue weighted by Gasteiger charge is -2.38. The van der Waals surface area contributed by atoms with Crippen molar-refractivity contribution < 1.29 is 18.9 Å². The number of nitrogens with zero attached hydrogens (tertiary/aromatic N) is 4. The third-order valence-corrected chi connectivity index (χ3v) is 10.7. The molecule has 0 radical (unpaired) electrons. The number of piperidine rings is 1. The molecule has 3 aromatic rings. The van der Waals surface area contributed by atoms with Crippen LogP contribution in [0.5, 0.6) is 17.2 Å². The zero-order valence-corrected chi connectivity index (χ0v) is 29.3. The maximum atomic E-state index is 6.03. The second-order valence-electron chi connectivity index (χ2n) is 11.9. The second kappa shape index (κ2) is 14.3. The first-order chi connectivity index (χ1) is 21.8. The standard InChI is InChI=1S/C33H44BrN6O4P/c1-6-42-23-11-14-40(20-23)22-9-12-39(13-10-22)27-18-29(41-3)26(17-21(27)2)37-33-35-19-24(34)32(38-33)36-25-7-8-28-30(31(25)45(4)5)44-16-15-43-28/h7-8,17-19,22-23H,6,9-16,20H2,1-5H3,(H2,35,36,37,38)/t23-/m0/s1. The van der Waals surface area contributed by atoms with E-state index < -0.39 is 7.92 Å². The summed E-state index contributed by atoms with van der Waals surface area (Å²) in [7, 11) is 1.23. The smallest absolute Gasteiger partial charge is 0.229 e. The van der Waals surface area contributed by atoms with E-state index in [2.05, 4.69) is 80.7 Å². The third kappa shape index (κ3) is 7.12. The first-order valence-electron chi connectivity index (χ1n) is 15.8. The van der Waals surface area contributed by atoms with Crippen LogP contribution in [-0.2, 0) is 4.74 Å². The van der Waals surface area contributed by atoms with Gasteiger partial charge in [0.15, 0.2) is 11.5 Å². The Morgan fingerprint density at radius 3 is 2.60 bits per heavy atom. The highest BCUT2D eigenvalue weighted by Crippen LogP contribution is 2.42. The Bertz CT molecular complexity index is 1500. The maximum absolute atomic E-state index is 6.03. The molecule has 3 aliphatic heterocycles. The maximum Gasteiger partial charge on any atom is 0.229 e. The molecule has 12 heteroatoms. The number of methoxy groups -OCH3 is 1. The second-order valence-corrected chi connectivity index (χ2v) is 15.0. The van der Waals surface area contributed by atoms with Gasteiger partial charge >= 0.3 is 0 Å². The Labute approximate surface area is 276 Å². The lowest BCUT2D eigenvalue weighted by atomic mass is 10.0. The molecule has 242 valence electrons. The first-order valence-corrected chi connectivity index (χ1v) is 18.8. The van der Waals surface area contributed by atoms with E-state index in [9.17, 15) is 0 Å². The highest BCUT2D eigenvalue weighted by molar-refractivity contribution is 9.10. The largest absolute Gasteiger partial charge is 0.494 e. The van der Waals surface area contributed by atoms with Gasteiger partial charge in [0.2, 0.25) is 5.95 Å². The van der Waals surface area contributed by atoms with E-state index in [0.717, 1.165) is 90.4 Å². The molecule has 0 saturated carbocycles. The van der Waals surface area contributed by atoms with Crippen LogP contribution in [0.1, 0.15) is 31.7 Å². The van der Waals surface area contributed by atoms with E-state index in [-0.39, 0.29) is 0 Å². The molecule has 6 rings (SSSR count). The molecule has 10 nitrogen and oxygen atoms in total. The minimum Gasteiger partial charge on any atom is -0.494 e. The fourth-order valence-electron chi connectivity index (χ4n) is 6.62. The van der Waals surface area contributed by atoms with Gasteiger partial charge in [-0.15, -0.1) is 0 Å². The van der Waals surface area contributed by atoms with Gasteiger partial charge in [0.25, 0.3) is 0 Å². The van der Waals surface area contributed by atoms with Gasteiger partial charge in [-0.25, -0.2) is 4.98 Å². The van der Waals surface area contributed by atoms with Crippen molar-refractivity contribution in [1.29, 1.82) is 0 Å². The van der Waals surface area contributed by atoms with Gasteiger partial charge < -0.3 is 34.5 Å². The summed E-state index contributed by atoms with van der Waals surface area (Å²) in [5.74, 6) is 3.50. The van der Waals surface area contributed by atoms with Crippen LogP contribution in [-0.4, -0.2) is 93.5 Å². The van der Waals surface area contributed by atoms with E-state index in [0.29, 0.717) is 37.1 Å². The number of ether oxygens (including phenoxy) is 4. The monoisotopic (exact) mass is 698 g/mol. The van der Waals surface area contributed by atoms with E-state index in [4.69, 9.17) is 23.9 Å². The number of likely N-dealkylation sites (tertiary alicyclic amines) is 1. The summed E-state index contributed by atoms with van der Waals surface area (Å²) >= 11 is 3.63. The van der Waals surface area contributed by atoms with Gasteiger partial charge in [0, 0.05) is 62.1 Å². The van der Waals surface area contributed by atoms with Crippen LogP contribution in [0.25, 0.3) is 0 Å². The molecule has 2 N–H and O–H groups in total. The van der Waals surface area contributed by atoms with Crippen molar-refractivity contribution in [2.24, 2.45) is 0 Å². The normalized spacial score (nSPS) is 18.8. The average molecular weight is 700 g/mol. The Balaban J connectivity index is 1.16. The molecule has 0 amide bonds. The van der Waals surface area contributed by atoms with Crippen LogP contribution in [0.4, 0.5) is 28.8 Å². The highest BCUT2D eigenvalue weighted by Gasteiger charge is 2.31. The van der Waals surface area contributed by atoms with E-state index >= 15 is 0 Å². The summed E-state index contributed by atoms with van der Waals surface area (Å²) in [6.45, 7) is 14.9. The summed E-state index contributed by atoms with van der Waals surface area (Å²) in [4.78, 5) is 14.5. The van der Waals surface area contributed by atoms with Gasteiger partial charge in [-0.2, -0.15) is 4.98 Å². The summed E-state index contributed by atoms with van der Waals surface area (Å²) in [5, 5.41) is 8.04. The van der Waals surface area contributed by atoms with Crippen molar-refractivity contribution >= 4 is 58.0 Å². The van der Waals surface area contributed by atoms with Crippen molar-refractivity contribution in [3.8, 4) is 17.2 Å². The summed E-state index contributed by atoms with van der Waals surface area (Å²) in [6, 6.07) is 8.89. The Morgan fingerprint density at radius 1 is 1.04 bits per heavy atom. The van der Waals surface area contributed by atoms with Crippen LogP contribution in [0.3, 0.4) is 0 Å². The van der Waals surface area contributed by atoms with Crippen LogP contribution in [0.2, 0.25) is 0 Å². The van der Waals surface area contributed by atoms with Crippen molar-refractivity contribution in [3.63, 3.8) is 0 Å². The van der Waals surface area contributed by atoms with E-state index in [1.54, 1.807) is 13.3 Å². The van der Waals surface area contributed by atoms with Crippen LogP contribution in [0, 0.1) is 6.92 Å².